The monoisotopic (exact) mass is 187 g/mol. The van der Waals surface area contributed by atoms with E-state index in [-0.39, 0.29) is 18.6 Å². The molecule has 1 rings (SSSR count). The van der Waals surface area contributed by atoms with Crippen LogP contribution >= 0.6 is 0 Å². The number of aliphatic hydroxyl groups excluding tert-OH is 1. The van der Waals surface area contributed by atoms with Crippen LogP contribution in [0.15, 0.2) is 0 Å². The minimum atomic E-state index is -1.45. The molecule has 0 aromatic rings. The van der Waals surface area contributed by atoms with E-state index in [9.17, 15) is 9.59 Å². The highest BCUT2D eigenvalue weighted by atomic mass is 16.4. The molecule has 2 atom stereocenters. The van der Waals surface area contributed by atoms with Gasteiger partial charge in [-0.1, -0.05) is 6.92 Å². The molecule has 1 fully saturated rings. The third kappa shape index (κ3) is 1.80. The first-order valence-corrected chi connectivity index (χ1v) is 4.22. The molecule has 2 N–H and O–H groups in total. The quantitative estimate of drug-likeness (QED) is 0.532. The average Bonchev–Trinajstić information content (AvgIpc) is 2.45. The number of carbonyl (C=O) groups excluding carboxylic acids is 1. The van der Waals surface area contributed by atoms with Gasteiger partial charge in [0.25, 0.3) is 0 Å². The van der Waals surface area contributed by atoms with Crippen LogP contribution in [0.25, 0.3) is 0 Å². The second kappa shape index (κ2) is 3.74. The molecule has 0 aromatic heterocycles. The van der Waals surface area contributed by atoms with Crippen molar-refractivity contribution in [1.82, 2.24) is 4.90 Å². The van der Waals surface area contributed by atoms with Gasteiger partial charge in [0.15, 0.2) is 0 Å². The number of amides is 1. The van der Waals surface area contributed by atoms with Crippen LogP contribution in [-0.4, -0.2) is 46.2 Å². The van der Waals surface area contributed by atoms with Gasteiger partial charge in [-0.15, -0.1) is 0 Å². The van der Waals surface area contributed by atoms with Crippen LogP contribution in [0, 0.1) is 5.92 Å². The van der Waals surface area contributed by atoms with Crippen LogP contribution in [-0.2, 0) is 9.59 Å². The van der Waals surface area contributed by atoms with Gasteiger partial charge in [0.2, 0.25) is 0 Å². The summed E-state index contributed by atoms with van der Waals surface area (Å²) in [5.41, 5.74) is 0. The zero-order valence-corrected chi connectivity index (χ0v) is 7.43. The minimum absolute atomic E-state index is 0.166. The van der Waals surface area contributed by atoms with Crippen LogP contribution in [0.3, 0.4) is 0 Å². The smallest absolute Gasteiger partial charge is 0.394 e. The van der Waals surface area contributed by atoms with E-state index >= 15 is 0 Å². The van der Waals surface area contributed by atoms with E-state index in [4.69, 9.17) is 10.2 Å². The van der Waals surface area contributed by atoms with Gasteiger partial charge in [-0.25, -0.2) is 4.79 Å². The predicted molar refractivity (Wildman–Crippen MR) is 44.0 cm³/mol. The van der Waals surface area contributed by atoms with E-state index in [1.807, 2.05) is 6.92 Å². The Bertz CT molecular complexity index is 228. The third-order valence-electron chi connectivity index (χ3n) is 2.51. The molecule has 5 nitrogen and oxygen atoms in total. The van der Waals surface area contributed by atoms with Gasteiger partial charge >= 0.3 is 11.9 Å². The number of rotatable bonds is 1. The third-order valence-corrected chi connectivity index (χ3v) is 2.51. The second-order valence-electron chi connectivity index (χ2n) is 3.32. The maximum Gasteiger partial charge on any atom is 0.394 e. The predicted octanol–water partition coefficient (Wildman–Crippen LogP) is -0.700. The lowest BCUT2D eigenvalue weighted by Gasteiger charge is -2.23. The molecular formula is C8H13NO4. The van der Waals surface area contributed by atoms with Gasteiger partial charge < -0.3 is 15.1 Å². The number of likely N-dealkylation sites (tertiary alicyclic amines) is 1. The Hall–Kier alpha value is -1.10. The minimum Gasteiger partial charge on any atom is -0.474 e. The van der Waals surface area contributed by atoms with Gasteiger partial charge in [-0.3, -0.25) is 4.79 Å². The summed E-state index contributed by atoms with van der Waals surface area (Å²) in [7, 11) is 0. The lowest BCUT2D eigenvalue weighted by atomic mass is 10.0. The lowest BCUT2D eigenvalue weighted by Crippen LogP contribution is -2.43. The summed E-state index contributed by atoms with van der Waals surface area (Å²) in [6, 6.07) is -0.330. The fourth-order valence-electron chi connectivity index (χ4n) is 1.66. The molecule has 2 unspecified atom stereocenters. The Kier molecular flexibility index (Phi) is 2.87. The molecule has 0 radical (unpaired) electrons. The van der Waals surface area contributed by atoms with Crippen LogP contribution in [0.2, 0.25) is 0 Å². The van der Waals surface area contributed by atoms with Gasteiger partial charge in [0, 0.05) is 6.54 Å². The van der Waals surface area contributed by atoms with Crippen molar-refractivity contribution in [2.75, 3.05) is 13.2 Å². The van der Waals surface area contributed by atoms with Gasteiger partial charge in [0.1, 0.15) is 0 Å². The fraction of sp³-hybridized carbons (Fsp3) is 0.750. The van der Waals surface area contributed by atoms with E-state index < -0.39 is 11.9 Å². The van der Waals surface area contributed by atoms with E-state index in [1.54, 1.807) is 0 Å². The number of aliphatic hydroxyl groups is 1. The van der Waals surface area contributed by atoms with Gasteiger partial charge in [-0.2, -0.15) is 0 Å². The van der Waals surface area contributed by atoms with E-state index in [0.29, 0.717) is 6.54 Å². The molecule has 1 saturated heterocycles. The second-order valence-corrected chi connectivity index (χ2v) is 3.32. The first-order chi connectivity index (χ1) is 6.07. The normalized spacial score (nSPS) is 27.7. The highest BCUT2D eigenvalue weighted by molar-refractivity contribution is 6.31. The largest absolute Gasteiger partial charge is 0.474 e. The summed E-state index contributed by atoms with van der Waals surface area (Å²) in [5, 5.41) is 17.4. The molecule has 1 aliphatic rings. The van der Waals surface area contributed by atoms with E-state index in [1.165, 1.54) is 4.90 Å². The van der Waals surface area contributed by atoms with Crippen molar-refractivity contribution in [2.24, 2.45) is 5.92 Å². The number of carboxylic acids is 1. The molecule has 0 bridgehead atoms. The SMILES string of the molecule is CC1CCN(C(=O)C(=O)O)C1CO. The Balaban J connectivity index is 2.70. The van der Waals surface area contributed by atoms with Crippen molar-refractivity contribution in [3.63, 3.8) is 0 Å². The number of carbonyl (C=O) groups is 2. The number of hydrogen-bond donors (Lipinski definition) is 2. The molecule has 1 heterocycles. The van der Waals surface area contributed by atoms with Gasteiger partial charge in [-0.05, 0) is 12.3 Å². The van der Waals surface area contributed by atoms with Crippen molar-refractivity contribution >= 4 is 11.9 Å². The molecule has 13 heavy (non-hydrogen) atoms. The number of hydrogen-bond acceptors (Lipinski definition) is 3. The van der Waals surface area contributed by atoms with Crippen molar-refractivity contribution in [3.05, 3.63) is 0 Å². The van der Waals surface area contributed by atoms with E-state index in [2.05, 4.69) is 0 Å². The summed E-state index contributed by atoms with van der Waals surface area (Å²) in [6.07, 6.45) is 0.754. The standard InChI is InChI=1S/C8H13NO4/c1-5-2-3-9(6(5)4-10)7(11)8(12)13/h5-6,10H,2-4H2,1H3,(H,12,13). The molecule has 5 heteroatoms. The van der Waals surface area contributed by atoms with Crippen molar-refractivity contribution in [1.29, 1.82) is 0 Å². The lowest BCUT2D eigenvalue weighted by molar-refractivity contribution is -0.156. The Labute approximate surface area is 76.0 Å². The van der Waals surface area contributed by atoms with Crippen molar-refractivity contribution < 1.29 is 19.8 Å². The number of carboxylic acid groups (broad SMARTS) is 1. The summed E-state index contributed by atoms with van der Waals surface area (Å²) < 4.78 is 0. The van der Waals surface area contributed by atoms with Crippen LogP contribution in [0.5, 0.6) is 0 Å². The maximum atomic E-state index is 11.1. The Morgan fingerprint density at radius 1 is 1.54 bits per heavy atom. The summed E-state index contributed by atoms with van der Waals surface area (Å²) >= 11 is 0. The summed E-state index contributed by atoms with van der Waals surface area (Å²) in [4.78, 5) is 22.7. The van der Waals surface area contributed by atoms with Crippen molar-refractivity contribution in [2.45, 2.75) is 19.4 Å². The Morgan fingerprint density at radius 2 is 2.15 bits per heavy atom. The summed E-state index contributed by atoms with van der Waals surface area (Å²) in [6.45, 7) is 2.16. The zero-order chi connectivity index (χ0) is 10.0. The highest BCUT2D eigenvalue weighted by Gasteiger charge is 2.36. The number of nitrogens with zero attached hydrogens (tertiary/aromatic N) is 1. The molecule has 0 aliphatic carbocycles. The summed E-state index contributed by atoms with van der Waals surface area (Å²) in [5.74, 6) is -2.19. The first-order valence-electron chi connectivity index (χ1n) is 4.22. The highest BCUT2D eigenvalue weighted by Crippen LogP contribution is 2.23. The fourth-order valence-corrected chi connectivity index (χ4v) is 1.66. The Morgan fingerprint density at radius 3 is 2.62 bits per heavy atom. The first kappa shape index (κ1) is 9.98. The topological polar surface area (TPSA) is 77.8 Å². The molecule has 0 spiro atoms. The van der Waals surface area contributed by atoms with Crippen LogP contribution in [0.1, 0.15) is 13.3 Å². The van der Waals surface area contributed by atoms with Crippen LogP contribution < -0.4 is 0 Å². The zero-order valence-electron chi connectivity index (χ0n) is 7.43. The number of aliphatic carboxylic acids is 1. The molecule has 1 aliphatic heterocycles. The molecule has 0 saturated carbocycles. The molecule has 0 aromatic carbocycles. The van der Waals surface area contributed by atoms with Crippen molar-refractivity contribution in [3.8, 4) is 0 Å². The molecule has 74 valence electrons. The maximum absolute atomic E-state index is 11.1. The molecule has 1 amide bonds. The van der Waals surface area contributed by atoms with Crippen LogP contribution in [0.4, 0.5) is 0 Å². The van der Waals surface area contributed by atoms with Gasteiger partial charge in [0.05, 0.1) is 12.6 Å². The molecular weight excluding hydrogens is 174 g/mol. The van der Waals surface area contributed by atoms with E-state index in [0.717, 1.165) is 6.42 Å². The average molecular weight is 187 g/mol.